The molecule has 1 N–H and O–H groups in total. The van der Waals surface area contributed by atoms with Crippen molar-refractivity contribution in [3.05, 3.63) is 30.1 Å². The van der Waals surface area contributed by atoms with E-state index in [-0.39, 0.29) is 5.91 Å². The number of aromatic nitrogens is 1. The number of nitrogens with zero attached hydrogens (tertiary/aromatic N) is 2. The van der Waals surface area contributed by atoms with Crippen molar-refractivity contribution in [2.24, 2.45) is 5.92 Å². The highest BCUT2D eigenvalue weighted by Gasteiger charge is 2.31. The van der Waals surface area contributed by atoms with Crippen LogP contribution in [0.2, 0.25) is 0 Å². The number of carbonyl (C=O) groups excluding carboxylic acids is 1. The summed E-state index contributed by atoms with van der Waals surface area (Å²) in [5.41, 5.74) is 0.464. The van der Waals surface area contributed by atoms with Gasteiger partial charge >= 0.3 is 0 Å². The fourth-order valence-electron chi connectivity index (χ4n) is 3.14. The van der Waals surface area contributed by atoms with Crippen LogP contribution in [0, 0.1) is 5.92 Å². The average molecular weight is 305 g/mol. The zero-order chi connectivity index (χ0) is 15.2. The number of hydrogen-bond acceptors (Lipinski definition) is 5. The van der Waals surface area contributed by atoms with Crippen LogP contribution in [0.25, 0.3) is 0 Å². The van der Waals surface area contributed by atoms with Crippen molar-refractivity contribution in [2.45, 2.75) is 12.5 Å². The molecule has 0 saturated carbocycles. The first kappa shape index (κ1) is 15.4. The van der Waals surface area contributed by atoms with Gasteiger partial charge < -0.3 is 14.8 Å². The van der Waals surface area contributed by atoms with Gasteiger partial charge in [0.05, 0.1) is 19.8 Å². The van der Waals surface area contributed by atoms with E-state index in [1.807, 2.05) is 12.1 Å². The van der Waals surface area contributed by atoms with Gasteiger partial charge in [-0.2, -0.15) is 0 Å². The summed E-state index contributed by atoms with van der Waals surface area (Å²) >= 11 is 0. The molecular weight excluding hydrogens is 282 g/mol. The second-order valence-electron chi connectivity index (χ2n) is 5.76. The summed E-state index contributed by atoms with van der Waals surface area (Å²) in [6, 6.07) is 5.67. The summed E-state index contributed by atoms with van der Waals surface area (Å²) in [6.45, 7) is 5.59. The normalized spacial score (nSPS) is 24.1. The third kappa shape index (κ3) is 3.82. The van der Waals surface area contributed by atoms with Crippen LogP contribution in [-0.2, 0) is 9.47 Å². The van der Waals surface area contributed by atoms with Gasteiger partial charge in [0.1, 0.15) is 5.69 Å². The fraction of sp³-hybridized carbons (Fsp3) is 0.625. The molecule has 2 aliphatic heterocycles. The highest BCUT2D eigenvalue weighted by atomic mass is 16.5. The standard InChI is InChI=1S/C16H23N3O3/c20-16(14-3-1-2-5-17-14)18-11-15(13-4-8-22-12-13)19-6-9-21-10-7-19/h1-3,5,13,15H,4,6-12H2,(H,18,20)/t13-,15-/m1/s1. The lowest BCUT2D eigenvalue weighted by Crippen LogP contribution is -2.52. The van der Waals surface area contributed by atoms with Crippen LogP contribution in [0.1, 0.15) is 16.9 Å². The highest BCUT2D eigenvalue weighted by Crippen LogP contribution is 2.21. The maximum atomic E-state index is 12.2. The molecule has 6 nitrogen and oxygen atoms in total. The Kier molecular flexibility index (Phi) is 5.37. The molecule has 3 heterocycles. The summed E-state index contributed by atoms with van der Waals surface area (Å²) in [4.78, 5) is 18.7. The van der Waals surface area contributed by atoms with Crippen LogP contribution in [0.15, 0.2) is 24.4 Å². The smallest absolute Gasteiger partial charge is 0.269 e. The van der Waals surface area contributed by atoms with Crippen molar-refractivity contribution >= 4 is 5.91 Å². The molecule has 120 valence electrons. The zero-order valence-corrected chi connectivity index (χ0v) is 12.7. The van der Waals surface area contributed by atoms with E-state index < -0.39 is 0 Å². The van der Waals surface area contributed by atoms with Gasteiger partial charge in [-0.3, -0.25) is 14.7 Å². The minimum Gasteiger partial charge on any atom is -0.381 e. The molecule has 0 aromatic carbocycles. The largest absolute Gasteiger partial charge is 0.381 e. The van der Waals surface area contributed by atoms with Crippen molar-refractivity contribution in [3.8, 4) is 0 Å². The van der Waals surface area contributed by atoms with E-state index in [9.17, 15) is 4.79 Å². The van der Waals surface area contributed by atoms with E-state index in [2.05, 4.69) is 15.2 Å². The molecule has 1 amide bonds. The Bertz CT molecular complexity index is 471. The van der Waals surface area contributed by atoms with Crippen molar-refractivity contribution < 1.29 is 14.3 Å². The first-order valence-corrected chi connectivity index (χ1v) is 7.93. The maximum absolute atomic E-state index is 12.2. The summed E-state index contributed by atoms with van der Waals surface area (Å²) in [7, 11) is 0. The quantitative estimate of drug-likeness (QED) is 0.861. The number of rotatable bonds is 5. The molecule has 2 fully saturated rings. The van der Waals surface area contributed by atoms with Crippen molar-refractivity contribution in [1.29, 1.82) is 0 Å². The van der Waals surface area contributed by atoms with Crippen LogP contribution in [-0.4, -0.2) is 67.9 Å². The number of morpholine rings is 1. The number of pyridine rings is 1. The lowest BCUT2D eigenvalue weighted by molar-refractivity contribution is 0.00165. The molecule has 0 aliphatic carbocycles. The van der Waals surface area contributed by atoms with Crippen molar-refractivity contribution in [3.63, 3.8) is 0 Å². The molecule has 22 heavy (non-hydrogen) atoms. The lowest BCUT2D eigenvalue weighted by atomic mass is 9.97. The van der Waals surface area contributed by atoms with Crippen LogP contribution in [0.3, 0.4) is 0 Å². The van der Waals surface area contributed by atoms with E-state index in [4.69, 9.17) is 9.47 Å². The van der Waals surface area contributed by atoms with Gasteiger partial charge in [0, 0.05) is 44.4 Å². The van der Waals surface area contributed by atoms with Gasteiger partial charge in [-0.1, -0.05) is 6.07 Å². The Morgan fingerprint density at radius 3 is 2.86 bits per heavy atom. The van der Waals surface area contributed by atoms with E-state index in [1.54, 1.807) is 12.3 Å². The van der Waals surface area contributed by atoms with Crippen molar-refractivity contribution in [2.75, 3.05) is 46.1 Å². The number of nitrogens with one attached hydrogen (secondary N) is 1. The zero-order valence-electron chi connectivity index (χ0n) is 12.7. The molecule has 1 aromatic heterocycles. The Hall–Kier alpha value is -1.50. The molecule has 2 atom stereocenters. The molecule has 2 aliphatic rings. The predicted octanol–water partition coefficient (Wildman–Crippen LogP) is 0.549. The molecule has 0 radical (unpaired) electrons. The van der Waals surface area contributed by atoms with Crippen LogP contribution < -0.4 is 5.32 Å². The first-order chi connectivity index (χ1) is 10.8. The molecule has 0 bridgehead atoms. The second-order valence-corrected chi connectivity index (χ2v) is 5.76. The third-order valence-electron chi connectivity index (χ3n) is 4.39. The minimum absolute atomic E-state index is 0.113. The summed E-state index contributed by atoms with van der Waals surface area (Å²) in [5.74, 6) is 0.361. The number of amides is 1. The van der Waals surface area contributed by atoms with E-state index in [0.717, 1.165) is 45.9 Å². The highest BCUT2D eigenvalue weighted by molar-refractivity contribution is 5.92. The van der Waals surface area contributed by atoms with Crippen molar-refractivity contribution in [1.82, 2.24) is 15.2 Å². The molecule has 6 heteroatoms. The number of carbonyl (C=O) groups is 1. The van der Waals surface area contributed by atoms with E-state index in [0.29, 0.717) is 24.2 Å². The summed E-state index contributed by atoms with van der Waals surface area (Å²) < 4.78 is 11.0. The Labute approximate surface area is 130 Å². The second kappa shape index (κ2) is 7.67. The van der Waals surface area contributed by atoms with Crippen LogP contribution in [0.5, 0.6) is 0 Å². The molecule has 1 aromatic rings. The molecular formula is C16H23N3O3. The van der Waals surface area contributed by atoms with Crippen LogP contribution >= 0.6 is 0 Å². The monoisotopic (exact) mass is 305 g/mol. The topological polar surface area (TPSA) is 63.7 Å². The van der Waals surface area contributed by atoms with Gasteiger partial charge in [-0.15, -0.1) is 0 Å². The average Bonchev–Trinajstić information content (AvgIpc) is 3.11. The van der Waals surface area contributed by atoms with E-state index in [1.165, 1.54) is 0 Å². The van der Waals surface area contributed by atoms with Crippen LogP contribution in [0.4, 0.5) is 0 Å². The van der Waals surface area contributed by atoms with E-state index >= 15 is 0 Å². The summed E-state index contributed by atoms with van der Waals surface area (Å²) in [5, 5.41) is 3.03. The lowest BCUT2D eigenvalue weighted by Gasteiger charge is -2.37. The van der Waals surface area contributed by atoms with Gasteiger partial charge in [-0.05, 0) is 18.6 Å². The number of hydrogen-bond donors (Lipinski definition) is 1. The fourth-order valence-corrected chi connectivity index (χ4v) is 3.14. The molecule has 2 saturated heterocycles. The molecule has 0 unspecified atom stereocenters. The number of ether oxygens (including phenoxy) is 2. The third-order valence-corrected chi connectivity index (χ3v) is 4.39. The van der Waals surface area contributed by atoms with Gasteiger partial charge in [0.2, 0.25) is 0 Å². The van der Waals surface area contributed by atoms with Gasteiger partial charge in [0.25, 0.3) is 5.91 Å². The maximum Gasteiger partial charge on any atom is 0.269 e. The Morgan fingerprint density at radius 2 is 2.18 bits per heavy atom. The summed E-state index contributed by atoms with van der Waals surface area (Å²) in [6.07, 6.45) is 2.70. The van der Waals surface area contributed by atoms with Gasteiger partial charge in [0.15, 0.2) is 0 Å². The Morgan fingerprint density at radius 1 is 1.32 bits per heavy atom. The van der Waals surface area contributed by atoms with Gasteiger partial charge in [-0.25, -0.2) is 0 Å². The first-order valence-electron chi connectivity index (χ1n) is 7.93. The Balaban J connectivity index is 1.60. The SMILES string of the molecule is O=C(NC[C@H]([C@@H]1CCOC1)N1CCOCC1)c1ccccn1. The predicted molar refractivity (Wildman–Crippen MR) is 81.7 cm³/mol. The minimum atomic E-state index is -0.113. The molecule has 0 spiro atoms. The molecule has 3 rings (SSSR count).